The fraction of sp³-hybridized carbons (Fsp3) is 0.542. The van der Waals surface area contributed by atoms with Gasteiger partial charge in [0.25, 0.3) is 0 Å². The molecular formula is C24H33N. The summed E-state index contributed by atoms with van der Waals surface area (Å²) in [5, 5.41) is 0. The van der Waals surface area contributed by atoms with Crippen molar-refractivity contribution in [2.24, 2.45) is 5.41 Å². The molecule has 3 rings (SSSR count). The van der Waals surface area contributed by atoms with Crippen molar-refractivity contribution in [2.45, 2.75) is 78.6 Å². The van der Waals surface area contributed by atoms with Crippen molar-refractivity contribution in [3.8, 4) is 11.3 Å². The zero-order valence-electron chi connectivity index (χ0n) is 17.4. The van der Waals surface area contributed by atoms with Gasteiger partial charge in [-0.25, -0.2) is 0 Å². The molecule has 1 aromatic carbocycles. The van der Waals surface area contributed by atoms with Gasteiger partial charge in [0.05, 0.1) is 5.69 Å². The summed E-state index contributed by atoms with van der Waals surface area (Å²) in [6.45, 7) is 21.0. The molecule has 0 fully saturated rings. The van der Waals surface area contributed by atoms with Crippen LogP contribution in [-0.2, 0) is 16.2 Å². The van der Waals surface area contributed by atoms with E-state index in [1.807, 2.05) is 6.20 Å². The number of rotatable bonds is 1. The molecule has 25 heavy (non-hydrogen) atoms. The first-order valence-electron chi connectivity index (χ1n) is 9.42. The van der Waals surface area contributed by atoms with Crippen LogP contribution in [-0.4, -0.2) is 4.98 Å². The van der Waals surface area contributed by atoms with E-state index in [9.17, 15) is 0 Å². The molecule has 0 N–H and O–H groups in total. The highest BCUT2D eigenvalue weighted by Crippen LogP contribution is 2.61. The van der Waals surface area contributed by atoms with E-state index >= 15 is 0 Å². The van der Waals surface area contributed by atoms with Crippen LogP contribution in [0.4, 0.5) is 0 Å². The van der Waals surface area contributed by atoms with Gasteiger partial charge in [-0.3, -0.25) is 4.98 Å². The number of benzene rings is 1. The van der Waals surface area contributed by atoms with Gasteiger partial charge in [-0.05, 0) is 50.5 Å². The Labute approximate surface area is 153 Å². The predicted octanol–water partition coefficient (Wildman–Crippen LogP) is 6.64. The lowest BCUT2D eigenvalue weighted by atomic mass is 9.59. The Bertz CT molecular complexity index is 799. The zero-order valence-corrected chi connectivity index (χ0v) is 17.4. The lowest BCUT2D eigenvalue weighted by Crippen LogP contribution is -2.42. The van der Waals surface area contributed by atoms with Crippen molar-refractivity contribution in [1.82, 2.24) is 4.98 Å². The standard InChI is InChI=1S/C24H33N/c1-21(2,3)17-11-13-20(25-15-17)16-10-12-18-19(14-16)23(6,7)24(8,9)22(18,4)5/h10-15H,1-9H3. The van der Waals surface area contributed by atoms with Crippen LogP contribution in [0.5, 0.6) is 0 Å². The second kappa shape index (κ2) is 5.19. The fourth-order valence-corrected chi connectivity index (χ4v) is 4.23. The molecule has 1 aliphatic carbocycles. The molecule has 0 saturated carbocycles. The Kier molecular flexibility index (Phi) is 3.77. The lowest BCUT2D eigenvalue weighted by molar-refractivity contribution is 0.125. The highest BCUT2D eigenvalue weighted by atomic mass is 14.7. The molecule has 0 radical (unpaired) electrons. The van der Waals surface area contributed by atoms with E-state index in [1.165, 1.54) is 22.3 Å². The monoisotopic (exact) mass is 335 g/mol. The van der Waals surface area contributed by atoms with Gasteiger partial charge in [0.15, 0.2) is 0 Å². The normalized spacial score (nSPS) is 20.4. The van der Waals surface area contributed by atoms with Crippen molar-refractivity contribution < 1.29 is 0 Å². The highest BCUT2D eigenvalue weighted by molar-refractivity contribution is 5.64. The molecule has 2 aromatic rings. The van der Waals surface area contributed by atoms with E-state index in [2.05, 4.69) is 92.6 Å². The van der Waals surface area contributed by atoms with Crippen LogP contribution in [0.25, 0.3) is 11.3 Å². The highest BCUT2D eigenvalue weighted by Gasteiger charge is 2.56. The van der Waals surface area contributed by atoms with E-state index in [-0.39, 0.29) is 21.7 Å². The van der Waals surface area contributed by atoms with Crippen LogP contribution in [0, 0.1) is 5.41 Å². The summed E-state index contributed by atoms with van der Waals surface area (Å²) >= 11 is 0. The van der Waals surface area contributed by atoms with Gasteiger partial charge in [-0.2, -0.15) is 0 Å². The Morgan fingerprint density at radius 3 is 1.88 bits per heavy atom. The van der Waals surface area contributed by atoms with Crippen molar-refractivity contribution >= 4 is 0 Å². The van der Waals surface area contributed by atoms with E-state index in [1.54, 1.807) is 0 Å². The van der Waals surface area contributed by atoms with Gasteiger partial charge in [0, 0.05) is 11.8 Å². The molecule has 0 saturated heterocycles. The maximum atomic E-state index is 4.76. The third-order valence-corrected chi connectivity index (χ3v) is 7.42. The molecule has 1 nitrogen and oxygen atoms in total. The smallest absolute Gasteiger partial charge is 0.0702 e. The van der Waals surface area contributed by atoms with Gasteiger partial charge < -0.3 is 0 Å². The topological polar surface area (TPSA) is 12.9 Å². The van der Waals surface area contributed by atoms with Crippen LogP contribution in [0.2, 0.25) is 0 Å². The SMILES string of the molecule is CC(C)(C)c1ccc(-c2ccc3c(c2)C(C)(C)C(C)(C)C3(C)C)nc1. The predicted molar refractivity (Wildman–Crippen MR) is 108 cm³/mol. The van der Waals surface area contributed by atoms with E-state index in [0.717, 1.165) is 5.69 Å². The molecule has 0 bridgehead atoms. The lowest BCUT2D eigenvalue weighted by Gasteiger charge is -2.44. The molecule has 1 aromatic heterocycles. The molecule has 0 aliphatic heterocycles. The number of fused-ring (bicyclic) bond motifs is 1. The van der Waals surface area contributed by atoms with Crippen LogP contribution < -0.4 is 0 Å². The Morgan fingerprint density at radius 2 is 1.36 bits per heavy atom. The minimum atomic E-state index is 0.132. The van der Waals surface area contributed by atoms with E-state index < -0.39 is 0 Å². The van der Waals surface area contributed by atoms with Gasteiger partial charge >= 0.3 is 0 Å². The number of pyridine rings is 1. The first kappa shape index (κ1) is 18.2. The second-order valence-corrected chi connectivity index (χ2v) is 10.3. The van der Waals surface area contributed by atoms with Crippen molar-refractivity contribution in [3.63, 3.8) is 0 Å². The summed E-state index contributed by atoms with van der Waals surface area (Å²) in [7, 11) is 0. The molecule has 1 heterocycles. The molecule has 0 unspecified atom stereocenters. The molecular weight excluding hydrogens is 302 g/mol. The molecule has 0 atom stereocenters. The minimum absolute atomic E-state index is 0.132. The van der Waals surface area contributed by atoms with E-state index in [0.29, 0.717) is 0 Å². The van der Waals surface area contributed by atoms with Crippen LogP contribution in [0.1, 0.15) is 79.0 Å². The number of hydrogen-bond acceptors (Lipinski definition) is 1. The van der Waals surface area contributed by atoms with Crippen LogP contribution in [0.3, 0.4) is 0 Å². The second-order valence-electron chi connectivity index (χ2n) is 10.3. The van der Waals surface area contributed by atoms with Gasteiger partial charge in [0.2, 0.25) is 0 Å². The maximum absolute atomic E-state index is 4.76. The first-order chi connectivity index (χ1) is 11.3. The largest absolute Gasteiger partial charge is 0.256 e. The maximum Gasteiger partial charge on any atom is 0.0702 e. The fourth-order valence-electron chi connectivity index (χ4n) is 4.23. The molecule has 1 heteroatoms. The Hall–Kier alpha value is -1.63. The van der Waals surface area contributed by atoms with Crippen molar-refractivity contribution in [2.75, 3.05) is 0 Å². The number of hydrogen-bond donors (Lipinski definition) is 0. The Balaban J connectivity index is 2.10. The molecule has 0 spiro atoms. The third-order valence-electron chi connectivity index (χ3n) is 7.42. The minimum Gasteiger partial charge on any atom is -0.256 e. The van der Waals surface area contributed by atoms with Gasteiger partial charge in [-0.1, -0.05) is 80.5 Å². The number of nitrogens with zero attached hydrogens (tertiary/aromatic N) is 1. The van der Waals surface area contributed by atoms with Gasteiger partial charge in [-0.15, -0.1) is 0 Å². The summed E-state index contributed by atoms with van der Waals surface area (Å²) in [5.74, 6) is 0. The average molecular weight is 336 g/mol. The summed E-state index contributed by atoms with van der Waals surface area (Å²) in [6.07, 6.45) is 2.03. The van der Waals surface area contributed by atoms with Gasteiger partial charge in [0.1, 0.15) is 0 Å². The summed E-state index contributed by atoms with van der Waals surface area (Å²) in [4.78, 5) is 4.76. The Morgan fingerprint density at radius 1 is 0.760 bits per heavy atom. The average Bonchev–Trinajstić information content (AvgIpc) is 2.62. The van der Waals surface area contributed by atoms with Crippen molar-refractivity contribution in [1.29, 1.82) is 0 Å². The molecule has 1 aliphatic rings. The quantitative estimate of drug-likeness (QED) is 0.569. The third kappa shape index (κ3) is 2.46. The van der Waals surface area contributed by atoms with Crippen LogP contribution >= 0.6 is 0 Å². The molecule has 134 valence electrons. The van der Waals surface area contributed by atoms with Crippen molar-refractivity contribution in [3.05, 3.63) is 53.2 Å². The molecule has 0 amide bonds. The van der Waals surface area contributed by atoms with Crippen LogP contribution in [0.15, 0.2) is 36.5 Å². The number of aromatic nitrogens is 1. The summed E-state index contributed by atoms with van der Waals surface area (Å²) in [5.41, 5.74) is 7.15. The zero-order chi connectivity index (χ0) is 18.8. The summed E-state index contributed by atoms with van der Waals surface area (Å²) in [6, 6.07) is 11.3. The summed E-state index contributed by atoms with van der Waals surface area (Å²) < 4.78 is 0. The first-order valence-corrected chi connectivity index (χ1v) is 9.42. The van der Waals surface area contributed by atoms with E-state index in [4.69, 9.17) is 4.98 Å².